The second-order valence-electron chi connectivity index (χ2n) is 7.92. The molecule has 0 bridgehead atoms. The third kappa shape index (κ3) is 4.20. The number of rotatable bonds is 5. The molecule has 32 heavy (non-hydrogen) atoms. The predicted molar refractivity (Wildman–Crippen MR) is 130 cm³/mol. The summed E-state index contributed by atoms with van der Waals surface area (Å²) in [7, 11) is 0. The molecule has 0 atom stereocenters. The third-order valence-corrected chi connectivity index (χ3v) is 7.62. The van der Waals surface area contributed by atoms with Crippen molar-refractivity contribution in [2.45, 2.75) is 19.8 Å². The average Bonchev–Trinajstić information content (AvgIpc) is 3.44. The Labute approximate surface area is 193 Å². The molecule has 2 aromatic heterocycles. The van der Waals surface area contributed by atoms with Gasteiger partial charge >= 0.3 is 0 Å². The third-order valence-electron chi connectivity index (χ3n) is 5.78. The standard InChI is InChI=1S/C24H23N3O3S2/c1-15-25-22-20(32-15)13-19(18-9-12-31-23(18)22)30-14-21(28)27-10-7-16(8-11-27)24(29)26-17-5-3-2-4-6-17/h2-6,9,12-13,16H,7-8,10-11,14H2,1H3,(H,26,29). The number of benzene rings is 2. The van der Waals surface area contributed by atoms with Crippen LogP contribution < -0.4 is 10.1 Å². The van der Waals surface area contributed by atoms with E-state index >= 15 is 0 Å². The van der Waals surface area contributed by atoms with Crippen molar-refractivity contribution in [3.63, 3.8) is 0 Å². The number of amides is 2. The van der Waals surface area contributed by atoms with Crippen molar-refractivity contribution >= 4 is 60.5 Å². The van der Waals surface area contributed by atoms with Crippen LogP contribution in [0.4, 0.5) is 5.69 Å². The molecule has 0 aliphatic carbocycles. The number of hydrogen-bond donors (Lipinski definition) is 1. The van der Waals surface area contributed by atoms with Crippen LogP contribution in [-0.2, 0) is 9.59 Å². The van der Waals surface area contributed by atoms with Gasteiger partial charge in [-0.25, -0.2) is 4.98 Å². The van der Waals surface area contributed by atoms with Gasteiger partial charge < -0.3 is 15.0 Å². The van der Waals surface area contributed by atoms with Gasteiger partial charge in [0.25, 0.3) is 5.91 Å². The number of aryl methyl sites for hydroxylation is 1. The van der Waals surface area contributed by atoms with Gasteiger partial charge in [-0.3, -0.25) is 9.59 Å². The molecule has 1 N–H and O–H groups in total. The number of fused-ring (bicyclic) bond motifs is 3. The van der Waals surface area contributed by atoms with E-state index < -0.39 is 0 Å². The Morgan fingerprint density at radius 1 is 1.19 bits per heavy atom. The largest absolute Gasteiger partial charge is 0.483 e. The number of ether oxygens (including phenoxy) is 1. The Balaban J connectivity index is 1.19. The first kappa shape index (κ1) is 20.9. The highest BCUT2D eigenvalue weighted by atomic mass is 32.1. The van der Waals surface area contributed by atoms with Crippen molar-refractivity contribution in [3.05, 3.63) is 52.9 Å². The number of likely N-dealkylation sites (tertiary alicyclic amines) is 1. The van der Waals surface area contributed by atoms with Crippen molar-refractivity contribution in [3.8, 4) is 5.75 Å². The summed E-state index contributed by atoms with van der Waals surface area (Å²) in [6.07, 6.45) is 1.32. The Morgan fingerprint density at radius 3 is 2.75 bits per heavy atom. The molecule has 1 fully saturated rings. The van der Waals surface area contributed by atoms with E-state index in [1.807, 2.05) is 54.8 Å². The van der Waals surface area contributed by atoms with Gasteiger partial charge in [-0.15, -0.1) is 22.7 Å². The van der Waals surface area contributed by atoms with E-state index in [1.54, 1.807) is 27.6 Å². The number of thiazole rings is 1. The van der Waals surface area contributed by atoms with Gasteiger partial charge in [-0.2, -0.15) is 0 Å². The van der Waals surface area contributed by atoms with Crippen molar-refractivity contribution in [2.24, 2.45) is 5.92 Å². The SMILES string of the molecule is Cc1nc2c(cc(OCC(=O)N3CCC(C(=O)Nc4ccccc4)CC3)c3ccsc32)s1. The van der Waals surface area contributed by atoms with Crippen molar-refractivity contribution < 1.29 is 14.3 Å². The molecule has 6 nitrogen and oxygen atoms in total. The lowest BCUT2D eigenvalue weighted by Crippen LogP contribution is -2.43. The zero-order valence-electron chi connectivity index (χ0n) is 17.7. The minimum atomic E-state index is -0.0809. The molecule has 0 spiro atoms. The van der Waals surface area contributed by atoms with Crippen LogP contribution in [0.5, 0.6) is 5.75 Å². The van der Waals surface area contributed by atoms with Gasteiger partial charge in [0.15, 0.2) is 6.61 Å². The van der Waals surface area contributed by atoms with E-state index in [4.69, 9.17) is 4.74 Å². The number of piperidine rings is 1. The predicted octanol–water partition coefficient (Wildman–Crippen LogP) is 5.08. The van der Waals surface area contributed by atoms with E-state index in [2.05, 4.69) is 10.3 Å². The lowest BCUT2D eigenvalue weighted by Gasteiger charge is -2.31. The van der Waals surface area contributed by atoms with Gasteiger partial charge in [0.05, 0.1) is 19.9 Å². The molecule has 5 rings (SSSR count). The van der Waals surface area contributed by atoms with E-state index in [-0.39, 0.29) is 24.3 Å². The first-order valence-electron chi connectivity index (χ1n) is 10.6. The molecular weight excluding hydrogens is 442 g/mol. The summed E-state index contributed by atoms with van der Waals surface area (Å²) in [4.78, 5) is 31.7. The molecule has 0 unspecified atom stereocenters. The molecular formula is C24H23N3O3S2. The van der Waals surface area contributed by atoms with Crippen LogP contribution >= 0.6 is 22.7 Å². The highest BCUT2D eigenvalue weighted by Gasteiger charge is 2.27. The first-order chi connectivity index (χ1) is 15.6. The second-order valence-corrected chi connectivity index (χ2v) is 10.1. The minimum absolute atomic E-state index is 0.00484. The molecule has 2 aromatic carbocycles. The molecule has 1 aliphatic heterocycles. The van der Waals surface area contributed by atoms with Gasteiger partial charge in [-0.1, -0.05) is 18.2 Å². The normalized spacial score (nSPS) is 14.7. The Kier molecular flexibility index (Phi) is 5.80. The second kappa shape index (κ2) is 8.88. The first-order valence-corrected chi connectivity index (χ1v) is 12.3. The number of thiophene rings is 1. The molecule has 2 amide bonds. The van der Waals surface area contributed by atoms with Crippen molar-refractivity contribution in [1.82, 2.24) is 9.88 Å². The van der Waals surface area contributed by atoms with Gasteiger partial charge in [0.2, 0.25) is 5.91 Å². The quantitative estimate of drug-likeness (QED) is 0.446. The highest BCUT2D eigenvalue weighted by Crippen LogP contribution is 2.38. The number of carbonyl (C=O) groups is 2. The topological polar surface area (TPSA) is 71.5 Å². The maximum absolute atomic E-state index is 12.8. The smallest absolute Gasteiger partial charge is 0.260 e. The number of hydrogen-bond acceptors (Lipinski definition) is 6. The number of aromatic nitrogens is 1. The zero-order chi connectivity index (χ0) is 22.1. The number of carbonyl (C=O) groups excluding carboxylic acids is 2. The molecule has 1 aliphatic rings. The number of para-hydroxylation sites is 1. The summed E-state index contributed by atoms with van der Waals surface area (Å²) in [5.41, 5.74) is 1.81. The van der Waals surface area contributed by atoms with E-state index in [9.17, 15) is 9.59 Å². The lowest BCUT2D eigenvalue weighted by molar-refractivity contribution is -0.136. The summed E-state index contributed by atoms with van der Waals surface area (Å²) in [5.74, 6) is 0.619. The molecule has 1 saturated heterocycles. The van der Waals surface area contributed by atoms with Crippen molar-refractivity contribution in [2.75, 3.05) is 25.0 Å². The molecule has 164 valence electrons. The Morgan fingerprint density at radius 2 is 1.97 bits per heavy atom. The molecule has 3 heterocycles. The zero-order valence-corrected chi connectivity index (χ0v) is 19.3. The number of anilines is 1. The molecule has 4 aromatic rings. The van der Waals surface area contributed by atoms with E-state index in [0.29, 0.717) is 25.9 Å². The van der Waals surface area contributed by atoms with Crippen LogP contribution in [-0.4, -0.2) is 41.4 Å². The van der Waals surface area contributed by atoms with Crippen LogP contribution in [0.2, 0.25) is 0 Å². The number of nitrogens with one attached hydrogen (secondary N) is 1. The van der Waals surface area contributed by atoms with Crippen LogP contribution in [0.3, 0.4) is 0 Å². The maximum atomic E-state index is 12.8. The molecule has 0 saturated carbocycles. The summed E-state index contributed by atoms with van der Waals surface area (Å²) in [6.45, 7) is 3.12. The van der Waals surface area contributed by atoms with Gasteiger partial charge in [0, 0.05) is 36.1 Å². The van der Waals surface area contributed by atoms with E-state index in [1.165, 1.54) is 0 Å². The molecule has 0 radical (unpaired) electrons. The summed E-state index contributed by atoms with van der Waals surface area (Å²) < 4.78 is 8.15. The Bertz CT molecular complexity index is 1270. The van der Waals surface area contributed by atoms with Gasteiger partial charge in [0.1, 0.15) is 5.75 Å². The van der Waals surface area contributed by atoms with Crippen LogP contribution in [0, 0.1) is 12.8 Å². The fraction of sp³-hybridized carbons (Fsp3) is 0.292. The van der Waals surface area contributed by atoms with Crippen LogP contribution in [0.15, 0.2) is 47.8 Å². The summed E-state index contributed by atoms with van der Waals surface area (Å²) in [5, 5.41) is 7.00. The van der Waals surface area contributed by atoms with Crippen molar-refractivity contribution in [1.29, 1.82) is 0 Å². The fourth-order valence-corrected chi connectivity index (χ4v) is 5.93. The van der Waals surface area contributed by atoms with Gasteiger partial charge in [-0.05, 0) is 43.3 Å². The minimum Gasteiger partial charge on any atom is -0.483 e. The van der Waals surface area contributed by atoms with Crippen LogP contribution in [0.25, 0.3) is 20.3 Å². The summed E-state index contributed by atoms with van der Waals surface area (Å²) >= 11 is 3.27. The molecule has 8 heteroatoms. The lowest BCUT2D eigenvalue weighted by atomic mass is 9.95. The summed E-state index contributed by atoms with van der Waals surface area (Å²) in [6, 6.07) is 13.5. The highest BCUT2D eigenvalue weighted by molar-refractivity contribution is 7.21. The van der Waals surface area contributed by atoms with E-state index in [0.717, 1.165) is 36.7 Å². The average molecular weight is 466 g/mol. The van der Waals surface area contributed by atoms with Crippen LogP contribution in [0.1, 0.15) is 17.8 Å². The number of nitrogens with zero attached hydrogens (tertiary/aromatic N) is 2. The fourth-order valence-electron chi connectivity index (χ4n) is 4.09. The maximum Gasteiger partial charge on any atom is 0.260 e. The monoisotopic (exact) mass is 465 g/mol. The Hall–Kier alpha value is -2.97.